The standard InChI is InChI=1S/C22H19FN4O2/c23-18-11-16(22(29)26-9-3-1-2-4-10-26)6-7-17(18)21(28)19-13-25-20-8-5-15(12-24)14-27(19)20/h5-8,11,13-14H,1-4,9-10H2. The van der Waals surface area contributed by atoms with Crippen LogP contribution >= 0.6 is 0 Å². The fourth-order valence-corrected chi connectivity index (χ4v) is 3.64. The van der Waals surface area contributed by atoms with Crippen molar-refractivity contribution in [1.82, 2.24) is 14.3 Å². The summed E-state index contributed by atoms with van der Waals surface area (Å²) in [7, 11) is 0. The van der Waals surface area contributed by atoms with Gasteiger partial charge in [0.25, 0.3) is 5.91 Å². The van der Waals surface area contributed by atoms with E-state index in [4.69, 9.17) is 5.26 Å². The maximum absolute atomic E-state index is 14.8. The molecule has 1 aliphatic rings. The molecule has 146 valence electrons. The number of likely N-dealkylation sites (tertiary alicyclic amines) is 1. The van der Waals surface area contributed by atoms with Gasteiger partial charge in [-0.05, 0) is 43.2 Å². The zero-order chi connectivity index (χ0) is 20.4. The maximum Gasteiger partial charge on any atom is 0.253 e. The molecule has 0 saturated carbocycles. The number of imidazole rings is 1. The zero-order valence-corrected chi connectivity index (χ0v) is 15.8. The van der Waals surface area contributed by atoms with Crippen molar-refractivity contribution in [2.75, 3.05) is 13.1 Å². The highest BCUT2D eigenvalue weighted by molar-refractivity contribution is 6.09. The summed E-state index contributed by atoms with van der Waals surface area (Å²) in [6.07, 6.45) is 6.93. The predicted molar refractivity (Wildman–Crippen MR) is 104 cm³/mol. The summed E-state index contributed by atoms with van der Waals surface area (Å²) in [5.41, 5.74) is 1.11. The maximum atomic E-state index is 14.8. The Morgan fingerprint density at radius 2 is 1.83 bits per heavy atom. The van der Waals surface area contributed by atoms with Crippen LogP contribution in [-0.2, 0) is 0 Å². The molecule has 1 aromatic carbocycles. The van der Waals surface area contributed by atoms with Crippen molar-refractivity contribution in [2.45, 2.75) is 25.7 Å². The van der Waals surface area contributed by atoms with E-state index in [9.17, 15) is 14.0 Å². The summed E-state index contributed by atoms with van der Waals surface area (Å²) in [4.78, 5) is 31.5. The molecule has 4 rings (SSSR count). The van der Waals surface area contributed by atoms with E-state index in [1.54, 1.807) is 17.0 Å². The molecule has 1 saturated heterocycles. The number of amides is 1. The number of hydrogen-bond donors (Lipinski definition) is 0. The molecular formula is C22H19FN4O2. The van der Waals surface area contributed by atoms with E-state index in [1.807, 2.05) is 6.07 Å². The lowest BCUT2D eigenvalue weighted by Gasteiger charge is -2.20. The van der Waals surface area contributed by atoms with E-state index in [2.05, 4.69) is 4.98 Å². The first-order chi connectivity index (χ1) is 14.1. The number of benzene rings is 1. The Labute approximate surface area is 167 Å². The van der Waals surface area contributed by atoms with Crippen LogP contribution in [0.2, 0.25) is 0 Å². The molecule has 7 heteroatoms. The largest absolute Gasteiger partial charge is 0.339 e. The highest BCUT2D eigenvalue weighted by Gasteiger charge is 2.22. The summed E-state index contributed by atoms with van der Waals surface area (Å²) < 4.78 is 16.2. The molecule has 0 N–H and O–H groups in total. The number of hydrogen-bond acceptors (Lipinski definition) is 4. The Balaban J connectivity index is 1.63. The van der Waals surface area contributed by atoms with Gasteiger partial charge in [-0.2, -0.15) is 5.26 Å². The van der Waals surface area contributed by atoms with Crippen LogP contribution in [0.15, 0.2) is 42.7 Å². The molecule has 3 heterocycles. The van der Waals surface area contributed by atoms with Crippen molar-refractivity contribution in [3.63, 3.8) is 0 Å². The highest BCUT2D eigenvalue weighted by atomic mass is 19.1. The molecule has 0 spiro atoms. The van der Waals surface area contributed by atoms with Crippen LogP contribution in [0.1, 0.15) is 57.7 Å². The van der Waals surface area contributed by atoms with Crippen molar-refractivity contribution < 1.29 is 14.0 Å². The fraction of sp³-hybridized carbons (Fsp3) is 0.273. The van der Waals surface area contributed by atoms with E-state index in [-0.39, 0.29) is 22.7 Å². The van der Waals surface area contributed by atoms with Crippen molar-refractivity contribution in [2.24, 2.45) is 0 Å². The van der Waals surface area contributed by atoms with E-state index >= 15 is 0 Å². The van der Waals surface area contributed by atoms with Gasteiger partial charge in [-0.3, -0.25) is 14.0 Å². The normalized spacial score (nSPS) is 14.4. The minimum absolute atomic E-state index is 0.137. The molecule has 0 radical (unpaired) electrons. The predicted octanol–water partition coefficient (Wildman–Crippen LogP) is 3.59. The molecule has 2 aromatic heterocycles. The first-order valence-corrected chi connectivity index (χ1v) is 9.59. The van der Waals surface area contributed by atoms with Gasteiger partial charge in [0.1, 0.15) is 23.2 Å². The Kier molecular flexibility index (Phi) is 5.09. The van der Waals surface area contributed by atoms with E-state index in [1.165, 1.54) is 28.9 Å². The van der Waals surface area contributed by atoms with Crippen LogP contribution in [0, 0.1) is 17.1 Å². The molecule has 29 heavy (non-hydrogen) atoms. The Hall–Kier alpha value is -3.53. The van der Waals surface area contributed by atoms with Crippen LogP contribution in [-0.4, -0.2) is 39.1 Å². The van der Waals surface area contributed by atoms with Gasteiger partial charge in [0.05, 0.1) is 17.3 Å². The average molecular weight is 390 g/mol. The van der Waals surface area contributed by atoms with E-state index < -0.39 is 11.6 Å². The van der Waals surface area contributed by atoms with Gasteiger partial charge in [-0.1, -0.05) is 12.8 Å². The molecule has 6 nitrogen and oxygen atoms in total. The molecule has 3 aromatic rings. The van der Waals surface area contributed by atoms with Crippen LogP contribution < -0.4 is 0 Å². The van der Waals surface area contributed by atoms with Crippen molar-refractivity contribution in [3.8, 4) is 6.07 Å². The van der Waals surface area contributed by atoms with Crippen LogP contribution in [0.5, 0.6) is 0 Å². The summed E-state index contributed by atoms with van der Waals surface area (Å²) in [5.74, 6) is -1.51. The van der Waals surface area contributed by atoms with E-state index in [0.717, 1.165) is 31.7 Å². The van der Waals surface area contributed by atoms with Gasteiger partial charge < -0.3 is 4.90 Å². The monoisotopic (exact) mass is 390 g/mol. The number of aromatic nitrogens is 2. The van der Waals surface area contributed by atoms with E-state index in [0.29, 0.717) is 24.3 Å². The van der Waals surface area contributed by atoms with Gasteiger partial charge in [0.2, 0.25) is 5.78 Å². The molecule has 1 aliphatic heterocycles. The molecule has 0 bridgehead atoms. The lowest BCUT2D eigenvalue weighted by atomic mass is 10.0. The minimum Gasteiger partial charge on any atom is -0.339 e. The molecule has 1 amide bonds. The average Bonchev–Trinajstić information content (AvgIpc) is 2.97. The Bertz CT molecular complexity index is 1140. The second kappa shape index (κ2) is 7.84. The summed E-state index contributed by atoms with van der Waals surface area (Å²) in [5, 5.41) is 9.07. The number of pyridine rings is 1. The van der Waals surface area contributed by atoms with Crippen LogP contribution in [0.3, 0.4) is 0 Å². The number of carbonyl (C=O) groups excluding carboxylic acids is 2. The second-order valence-electron chi connectivity index (χ2n) is 7.13. The lowest BCUT2D eigenvalue weighted by Crippen LogP contribution is -2.32. The fourth-order valence-electron chi connectivity index (χ4n) is 3.64. The smallest absolute Gasteiger partial charge is 0.253 e. The van der Waals surface area contributed by atoms with Crippen molar-refractivity contribution >= 4 is 17.3 Å². The Morgan fingerprint density at radius 3 is 2.52 bits per heavy atom. The molecule has 1 fully saturated rings. The molecule has 0 unspecified atom stereocenters. The first kappa shape index (κ1) is 18.8. The third-order valence-corrected chi connectivity index (χ3v) is 5.22. The van der Waals surface area contributed by atoms with Crippen molar-refractivity contribution in [1.29, 1.82) is 5.26 Å². The van der Waals surface area contributed by atoms with Gasteiger partial charge in [-0.15, -0.1) is 0 Å². The number of fused-ring (bicyclic) bond motifs is 1. The lowest BCUT2D eigenvalue weighted by molar-refractivity contribution is 0.0760. The van der Waals surface area contributed by atoms with Crippen LogP contribution in [0.4, 0.5) is 4.39 Å². The van der Waals surface area contributed by atoms with Gasteiger partial charge in [-0.25, -0.2) is 9.37 Å². The third kappa shape index (κ3) is 3.61. The first-order valence-electron chi connectivity index (χ1n) is 9.59. The summed E-state index contributed by atoms with van der Waals surface area (Å²) in [6, 6.07) is 9.19. The molecule has 0 aliphatic carbocycles. The topological polar surface area (TPSA) is 78.5 Å². The van der Waals surface area contributed by atoms with Gasteiger partial charge in [0.15, 0.2) is 0 Å². The van der Waals surface area contributed by atoms with Gasteiger partial charge >= 0.3 is 0 Å². The molecular weight excluding hydrogens is 371 g/mol. The number of rotatable bonds is 3. The minimum atomic E-state index is -0.748. The zero-order valence-electron chi connectivity index (χ0n) is 15.8. The number of carbonyl (C=O) groups is 2. The van der Waals surface area contributed by atoms with Crippen molar-refractivity contribution in [3.05, 3.63) is 70.9 Å². The highest BCUT2D eigenvalue weighted by Crippen LogP contribution is 2.19. The Morgan fingerprint density at radius 1 is 1.07 bits per heavy atom. The number of halogens is 1. The SMILES string of the molecule is N#Cc1ccc2ncc(C(=O)c3ccc(C(=O)N4CCCCCC4)cc3F)n2c1. The summed E-state index contributed by atoms with van der Waals surface area (Å²) >= 11 is 0. The summed E-state index contributed by atoms with van der Waals surface area (Å²) in [6.45, 7) is 1.34. The number of ketones is 1. The quantitative estimate of drug-likeness (QED) is 0.640. The number of nitriles is 1. The molecule has 0 atom stereocenters. The van der Waals surface area contributed by atoms with Crippen LogP contribution in [0.25, 0.3) is 5.65 Å². The number of nitrogens with zero attached hydrogens (tertiary/aromatic N) is 4. The second-order valence-corrected chi connectivity index (χ2v) is 7.13. The van der Waals surface area contributed by atoms with Gasteiger partial charge in [0, 0.05) is 24.8 Å². The third-order valence-electron chi connectivity index (χ3n) is 5.22.